The molecular weight excluding hydrogens is 204 g/mol. The third-order valence-electron chi connectivity index (χ3n) is 3.13. The summed E-state index contributed by atoms with van der Waals surface area (Å²) in [5.74, 6) is 0. The SMILES string of the molecule is CCCCCNC(CC)C1CN([O-])CCO1. The van der Waals surface area contributed by atoms with Gasteiger partial charge in [0.05, 0.1) is 12.7 Å². The van der Waals surface area contributed by atoms with E-state index in [0.29, 0.717) is 25.7 Å². The first kappa shape index (κ1) is 13.9. The molecule has 1 fully saturated rings. The van der Waals surface area contributed by atoms with E-state index in [1.54, 1.807) is 0 Å². The zero-order valence-corrected chi connectivity index (χ0v) is 10.6. The molecule has 1 N–H and O–H groups in total. The maximum atomic E-state index is 11.3. The van der Waals surface area contributed by atoms with E-state index >= 15 is 0 Å². The van der Waals surface area contributed by atoms with Gasteiger partial charge in [0.15, 0.2) is 0 Å². The summed E-state index contributed by atoms with van der Waals surface area (Å²) in [7, 11) is 0. The lowest BCUT2D eigenvalue weighted by atomic mass is 10.1. The number of hydrogen-bond acceptors (Lipinski definition) is 4. The van der Waals surface area contributed by atoms with Crippen LogP contribution in [0.15, 0.2) is 0 Å². The van der Waals surface area contributed by atoms with E-state index in [1.165, 1.54) is 19.3 Å². The second kappa shape index (κ2) is 8.01. The molecule has 1 heterocycles. The summed E-state index contributed by atoms with van der Waals surface area (Å²) in [5.41, 5.74) is 0. The summed E-state index contributed by atoms with van der Waals surface area (Å²) >= 11 is 0. The first-order valence-corrected chi connectivity index (χ1v) is 6.55. The molecule has 0 aliphatic carbocycles. The van der Waals surface area contributed by atoms with Gasteiger partial charge in [-0.15, -0.1) is 0 Å². The Morgan fingerprint density at radius 2 is 2.25 bits per heavy atom. The molecule has 4 heteroatoms. The zero-order chi connectivity index (χ0) is 11.8. The van der Waals surface area contributed by atoms with E-state index in [0.717, 1.165) is 18.0 Å². The van der Waals surface area contributed by atoms with Crippen LogP contribution in [0.25, 0.3) is 0 Å². The van der Waals surface area contributed by atoms with Crippen molar-refractivity contribution < 1.29 is 4.74 Å². The van der Waals surface area contributed by atoms with Gasteiger partial charge in [0.25, 0.3) is 0 Å². The number of nitrogens with zero attached hydrogens (tertiary/aromatic N) is 1. The number of hydrogen-bond donors (Lipinski definition) is 1. The minimum atomic E-state index is 0.0675. The van der Waals surface area contributed by atoms with Crippen molar-refractivity contribution in [3.8, 4) is 0 Å². The third kappa shape index (κ3) is 4.78. The van der Waals surface area contributed by atoms with Gasteiger partial charge < -0.3 is 20.3 Å². The Morgan fingerprint density at radius 3 is 2.88 bits per heavy atom. The second-order valence-corrected chi connectivity index (χ2v) is 4.47. The van der Waals surface area contributed by atoms with Gasteiger partial charge in [0, 0.05) is 19.1 Å². The third-order valence-corrected chi connectivity index (χ3v) is 3.13. The normalized spacial score (nSPS) is 24.6. The van der Waals surface area contributed by atoms with E-state index in [1.807, 2.05) is 0 Å². The minimum absolute atomic E-state index is 0.0675. The highest BCUT2D eigenvalue weighted by atomic mass is 16.5. The molecule has 1 saturated heterocycles. The Labute approximate surface area is 98.9 Å². The predicted octanol–water partition coefficient (Wildman–Crippen LogP) is 1.74. The van der Waals surface area contributed by atoms with Crippen molar-refractivity contribution in [3.05, 3.63) is 5.21 Å². The lowest BCUT2D eigenvalue weighted by Crippen LogP contribution is -2.50. The van der Waals surface area contributed by atoms with Gasteiger partial charge in [-0.1, -0.05) is 26.7 Å². The lowest BCUT2D eigenvalue weighted by molar-refractivity contribution is -0.0328. The van der Waals surface area contributed by atoms with Crippen molar-refractivity contribution in [2.75, 3.05) is 26.2 Å². The molecule has 4 nitrogen and oxygen atoms in total. The summed E-state index contributed by atoms with van der Waals surface area (Å²) in [6, 6.07) is 0.327. The molecule has 0 saturated carbocycles. The minimum Gasteiger partial charge on any atom is -0.785 e. The first-order valence-electron chi connectivity index (χ1n) is 6.55. The van der Waals surface area contributed by atoms with Gasteiger partial charge >= 0.3 is 0 Å². The predicted molar refractivity (Wildman–Crippen MR) is 66.3 cm³/mol. The van der Waals surface area contributed by atoms with Gasteiger partial charge in [0.2, 0.25) is 0 Å². The fourth-order valence-corrected chi connectivity index (χ4v) is 2.10. The molecule has 2 unspecified atom stereocenters. The van der Waals surface area contributed by atoms with Crippen LogP contribution in [0.5, 0.6) is 0 Å². The Kier molecular flexibility index (Phi) is 6.96. The molecule has 0 aromatic heterocycles. The lowest BCUT2D eigenvalue weighted by Gasteiger charge is -2.40. The Hall–Kier alpha value is -0.160. The number of ether oxygens (including phenoxy) is 1. The van der Waals surface area contributed by atoms with E-state index < -0.39 is 0 Å². The smallest absolute Gasteiger partial charge is 0.0845 e. The average molecular weight is 229 g/mol. The number of nitrogens with one attached hydrogen (secondary N) is 1. The summed E-state index contributed by atoms with van der Waals surface area (Å²) in [5, 5.41) is 15.9. The summed E-state index contributed by atoms with van der Waals surface area (Å²) < 4.78 is 5.65. The molecule has 96 valence electrons. The number of hydroxylamine groups is 2. The standard InChI is InChI=1S/C12H25N2O2/c1-3-5-6-7-13-11(4-2)12-10-14(15)8-9-16-12/h11-13H,3-10H2,1-2H3/q-1. The van der Waals surface area contributed by atoms with Crippen LogP contribution >= 0.6 is 0 Å². The topological polar surface area (TPSA) is 47.6 Å². The molecule has 1 aliphatic rings. The van der Waals surface area contributed by atoms with Crippen molar-refractivity contribution in [2.24, 2.45) is 0 Å². The molecule has 1 rings (SSSR count). The highest BCUT2D eigenvalue weighted by molar-refractivity contribution is 4.82. The van der Waals surface area contributed by atoms with Gasteiger partial charge in [-0.2, -0.15) is 0 Å². The molecular formula is C12H25N2O2-. The summed E-state index contributed by atoms with van der Waals surface area (Å²) in [6.45, 7) is 6.98. The van der Waals surface area contributed by atoms with Gasteiger partial charge in [-0.05, 0) is 19.4 Å². The molecule has 0 aromatic carbocycles. The van der Waals surface area contributed by atoms with Gasteiger partial charge in [-0.25, -0.2) is 0 Å². The molecule has 2 atom stereocenters. The van der Waals surface area contributed by atoms with Crippen LogP contribution in [0.4, 0.5) is 0 Å². The van der Waals surface area contributed by atoms with Crippen molar-refractivity contribution in [1.82, 2.24) is 10.4 Å². The Balaban J connectivity index is 2.23. The largest absolute Gasteiger partial charge is 0.785 e. The fraction of sp³-hybridized carbons (Fsp3) is 1.00. The second-order valence-electron chi connectivity index (χ2n) is 4.47. The molecule has 0 radical (unpaired) electrons. The number of morpholine rings is 1. The fourth-order valence-electron chi connectivity index (χ4n) is 2.10. The molecule has 1 aliphatic heterocycles. The van der Waals surface area contributed by atoms with Gasteiger partial charge in [0.1, 0.15) is 0 Å². The van der Waals surface area contributed by atoms with Crippen LogP contribution in [-0.2, 0) is 4.74 Å². The van der Waals surface area contributed by atoms with E-state index in [-0.39, 0.29) is 6.10 Å². The van der Waals surface area contributed by atoms with Crippen molar-refractivity contribution in [2.45, 2.75) is 51.7 Å². The van der Waals surface area contributed by atoms with Crippen LogP contribution < -0.4 is 5.32 Å². The van der Waals surface area contributed by atoms with E-state index in [4.69, 9.17) is 4.74 Å². The monoisotopic (exact) mass is 229 g/mol. The van der Waals surface area contributed by atoms with E-state index in [9.17, 15) is 5.21 Å². The number of unbranched alkanes of at least 4 members (excludes halogenated alkanes) is 2. The molecule has 0 aromatic rings. The highest BCUT2D eigenvalue weighted by Crippen LogP contribution is 2.10. The summed E-state index contributed by atoms with van der Waals surface area (Å²) in [6.07, 6.45) is 4.80. The van der Waals surface area contributed by atoms with Gasteiger partial charge in [-0.3, -0.25) is 0 Å². The maximum absolute atomic E-state index is 11.3. The van der Waals surface area contributed by atoms with E-state index in [2.05, 4.69) is 19.2 Å². The van der Waals surface area contributed by atoms with Crippen LogP contribution in [0.1, 0.15) is 39.5 Å². The van der Waals surface area contributed by atoms with Crippen molar-refractivity contribution in [1.29, 1.82) is 0 Å². The highest BCUT2D eigenvalue weighted by Gasteiger charge is 2.23. The van der Waals surface area contributed by atoms with Crippen LogP contribution in [-0.4, -0.2) is 43.5 Å². The van der Waals surface area contributed by atoms with Crippen LogP contribution in [0.2, 0.25) is 0 Å². The molecule has 0 spiro atoms. The average Bonchev–Trinajstić information content (AvgIpc) is 2.29. The molecule has 16 heavy (non-hydrogen) atoms. The first-order chi connectivity index (χ1) is 7.77. The van der Waals surface area contributed by atoms with Crippen LogP contribution in [0.3, 0.4) is 0 Å². The molecule has 0 bridgehead atoms. The van der Waals surface area contributed by atoms with Crippen molar-refractivity contribution in [3.63, 3.8) is 0 Å². The summed E-state index contributed by atoms with van der Waals surface area (Å²) in [4.78, 5) is 0. The quantitative estimate of drug-likeness (QED) is 0.676. The van der Waals surface area contributed by atoms with Crippen LogP contribution in [0, 0.1) is 5.21 Å². The Morgan fingerprint density at radius 1 is 1.44 bits per heavy atom. The molecule has 0 amide bonds. The maximum Gasteiger partial charge on any atom is 0.0845 e. The zero-order valence-electron chi connectivity index (χ0n) is 10.6. The number of rotatable bonds is 7. The Bertz CT molecular complexity index is 178. The van der Waals surface area contributed by atoms with Crippen molar-refractivity contribution >= 4 is 0 Å².